The highest BCUT2D eigenvalue weighted by Crippen LogP contribution is 2.46. The lowest BCUT2D eigenvalue weighted by Gasteiger charge is -2.49. The summed E-state index contributed by atoms with van der Waals surface area (Å²) >= 11 is 73.0. The molecule has 0 bridgehead atoms. The van der Waals surface area contributed by atoms with Crippen molar-refractivity contribution in [2.75, 3.05) is 6.61 Å². The third kappa shape index (κ3) is 13.7. The lowest BCUT2D eigenvalue weighted by molar-refractivity contribution is -0.299. The molecular formula is C30H45Cl11O7. The Kier molecular flexibility index (Phi) is 19.5. The smallest absolute Gasteiger partial charge is 0.163 e. The minimum atomic E-state index is -1.53. The molecule has 0 saturated carbocycles. The Morgan fingerprint density at radius 3 is 1.96 bits per heavy atom. The zero-order valence-electron chi connectivity index (χ0n) is 27.0. The number of halogens is 11. The summed E-state index contributed by atoms with van der Waals surface area (Å²) in [5, 5.41) is 22.3. The van der Waals surface area contributed by atoms with Gasteiger partial charge in [0, 0.05) is 0 Å². The highest BCUT2D eigenvalue weighted by atomic mass is 35.5. The molecule has 0 aromatic carbocycles. The Morgan fingerprint density at radius 1 is 0.812 bits per heavy atom. The fourth-order valence-corrected chi connectivity index (χ4v) is 8.96. The summed E-state index contributed by atoms with van der Waals surface area (Å²) in [4.78, 5) is 0. The zero-order chi connectivity index (χ0) is 36.9. The SMILES string of the molecule is C[C@@H](O)/C=C/C[C@H](Cl)[C@@H](Cl)[C@H](O)C[C@@H](Cl)[C@@H](Cl)[C@@H](O)[C@H](Cl)[C@@H](Cl)[C@H](Cl)[C@@H]1OC(C)(C)O[C@@H](C(Cl)(Cl)CC[C@@H](Cl)[C@H]2COC(C)(C)O2)[C@H]1Cl. The topological polar surface area (TPSA) is 97.6 Å². The summed E-state index contributed by atoms with van der Waals surface area (Å²) in [6.07, 6.45) is -1.75. The van der Waals surface area contributed by atoms with E-state index in [1.54, 1.807) is 46.8 Å². The van der Waals surface area contributed by atoms with Crippen LogP contribution in [0.2, 0.25) is 0 Å². The summed E-state index contributed by atoms with van der Waals surface area (Å²) in [6.45, 7) is 8.82. The molecule has 2 aliphatic rings. The van der Waals surface area contributed by atoms with E-state index in [1.165, 1.54) is 0 Å². The fourth-order valence-electron chi connectivity index (χ4n) is 5.28. The van der Waals surface area contributed by atoms with Crippen LogP contribution in [0.5, 0.6) is 0 Å². The van der Waals surface area contributed by atoms with Crippen LogP contribution in [-0.2, 0) is 18.9 Å². The predicted molar refractivity (Wildman–Crippen MR) is 201 cm³/mol. The van der Waals surface area contributed by atoms with Gasteiger partial charge >= 0.3 is 0 Å². The van der Waals surface area contributed by atoms with E-state index in [1.807, 2.05) is 0 Å². The molecule has 2 saturated heterocycles. The maximum absolute atomic E-state index is 11.1. The van der Waals surface area contributed by atoms with E-state index < -0.39 is 94.8 Å². The van der Waals surface area contributed by atoms with Crippen molar-refractivity contribution >= 4 is 128 Å². The number of rotatable bonds is 18. The summed E-state index contributed by atoms with van der Waals surface area (Å²) in [5.74, 6) is -1.99. The molecule has 2 aliphatic heterocycles. The standard InChI is InChI=1S/C30H45Cl11O7/c1-13(42)7-6-8-15(32)19(34)17(43)11-16(33)20(35)25(44)22(37)21(36)23(38)26-24(39)27(48-29(4,5)47-26)30(40,41)10-9-14(31)18-12-45-28(2,3)46-18/h6-7,13-27,42-44H,8-12H2,1-5H3/b7-6+/t13-,14-,15+,16-,17-,18-,19-,20-,21-,22-,23+,24+,25-,26+,27-/m1/s1. The van der Waals surface area contributed by atoms with Crippen LogP contribution in [0.15, 0.2) is 12.2 Å². The maximum atomic E-state index is 11.1. The average Bonchev–Trinajstić information content (AvgIpc) is 3.37. The molecule has 0 unspecified atom stereocenters. The summed E-state index contributed by atoms with van der Waals surface area (Å²) in [6, 6.07) is 0. The van der Waals surface area contributed by atoms with Crippen molar-refractivity contribution in [1.29, 1.82) is 0 Å². The fraction of sp³-hybridized carbons (Fsp3) is 0.933. The largest absolute Gasteiger partial charge is 0.391 e. The van der Waals surface area contributed by atoms with Crippen LogP contribution in [0.3, 0.4) is 0 Å². The van der Waals surface area contributed by atoms with E-state index in [4.69, 9.17) is 147 Å². The molecule has 3 N–H and O–H groups in total. The van der Waals surface area contributed by atoms with E-state index in [0.29, 0.717) is 19.4 Å². The predicted octanol–water partition coefficient (Wildman–Crippen LogP) is 8.52. The number of hydrogen-bond acceptors (Lipinski definition) is 7. The lowest BCUT2D eigenvalue weighted by atomic mass is 9.94. The molecule has 2 rings (SSSR count). The first-order valence-electron chi connectivity index (χ1n) is 15.4. The minimum absolute atomic E-state index is 0.123. The third-order valence-corrected chi connectivity index (χ3v) is 13.9. The normalized spacial score (nSPS) is 31.7. The quantitative estimate of drug-likeness (QED) is 0.0938. The summed E-state index contributed by atoms with van der Waals surface area (Å²) < 4.78 is 22.1. The number of aliphatic hydroxyl groups is 3. The van der Waals surface area contributed by atoms with Gasteiger partial charge in [0.2, 0.25) is 0 Å². The Morgan fingerprint density at radius 2 is 1.42 bits per heavy atom. The number of allylic oxidation sites excluding steroid dienone is 1. The molecule has 0 aromatic rings. The van der Waals surface area contributed by atoms with Crippen LogP contribution >= 0.6 is 128 Å². The van der Waals surface area contributed by atoms with Crippen molar-refractivity contribution < 1.29 is 34.3 Å². The van der Waals surface area contributed by atoms with Gasteiger partial charge in [0.25, 0.3) is 0 Å². The van der Waals surface area contributed by atoms with Crippen LogP contribution in [0.25, 0.3) is 0 Å². The Labute approximate surface area is 339 Å². The lowest BCUT2D eigenvalue weighted by Crippen LogP contribution is -2.61. The third-order valence-electron chi connectivity index (χ3n) is 7.91. The molecule has 2 fully saturated rings. The Balaban J connectivity index is 2.05. The Hall–Kier alpha value is 2.65. The van der Waals surface area contributed by atoms with Crippen LogP contribution in [-0.4, -0.2) is 123 Å². The van der Waals surface area contributed by atoms with E-state index in [9.17, 15) is 15.3 Å². The van der Waals surface area contributed by atoms with E-state index in [-0.39, 0.29) is 18.9 Å². The Bertz CT molecular complexity index is 1010. The molecule has 0 aromatic heterocycles. The van der Waals surface area contributed by atoms with Gasteiger partial charge in [-0.2, -0.15) is 0 Å². The molecule has 18 heteroatoms. The molecule has 0 spiro atoms. The van der Waals surface area contributed by atoms with Crippen molar-refractivity contribution in [3.63, 3.8) is 0 Å². The van der Waals surface area contributed by atoms with Gasteiger partial charge < -0.3 is 34.3 Å². The number of hydrogen-bond donors (Lipinski definition) is 3. The first kappa shape index (κ1) is 46.8. The molecular weight excluding hydrogens is 862 g/mol. The van der Waals surface area contributed by atoms with Gasteiger partial charge in [0.05, 0.1) is 79.4 Å². The van der Waals surface area contributed by atoms with Crippen LogP contribution < -0.4 is 0 Å². The molecule has 15 atom stereocenters. The highest BCUT2D eigenvalue weighted by Gasteiger charge is 2.55. The molecule has 2 heterocycles. The minimum Gasteiger partial charge on any atom is -0.391 e. The zero-order valence-corrected chi connectivity index (χ0v) is 35.3. The monoisotopic (exact) mass is 902 g/mol. The van der Waals surface area contributed by atoms with Gasteiger partial charge in [0.15, 0.2) is 11.6 Å². The van der Waals surface area contributed by atoms with Gasteiger partial charge in [-0.3, -0.25) is 0 Å². The van der Waals surface area contributed by atoms with Gasteiger partial charge in [-0.15, -0.1) is 104 Å². The number of aliphatic hydroxyl groups excluding tert-OH is 3. The highest BCUT2D eigenvalue weighted by molar-refractivity contribution is 6.49. The first-order chi connectivity index (χ1) is 21.9. The molecule has 0 radical (unpaired) electrons. The average molecular weight is 908 g/mol. The van der Waals surface area contributed by atoms with Crippen LogP contribution in [0.4, 0.5) is 0 Å². The second kappa shape index (κ2) is 20.0. The summed E-state index contributed by atoms with van der Waals surface area (Å²) in [7, 11) is 0. The maximum Gasteiger partial charge on any atom is 0.163 e. The molecule has 284 valence electrons. The van der Waals surface area contributed by atoms with Gasteiger partial charge in [-0.1, -0.05) is 35.4 Å². The number of alkyl halides is 11. The molecule has 48 heavy (non-hydrogen) atoms. The molecule has 7 nitrogen and oxygen atoms in total. The van der Waals surface area contributed by atoms with Crippen molar-refractivity contribution in [1.82, 2.24) is 0 Å². The van der Waals surface area contributed by atoms with Gasteiger partial charge in [-0.25, -0.2) is 0 Å². The van der Waals surface area contributed by atoms with Crippen LogP contribution in [0, 0.1) is 0 Å². The van der Waals surface area contributed by atoms with Crippen molar-refractivity contribution in [3.8, 4) is 0 Å². The van der Waals surface area contributed by atoms with Gasteiger partial charge in [0.1, 0.15) is 16.5 Å². The van der Waals surface area contributed by atoms with Crippen molar-refractivity contribution in [2.45, 2.75) is 161 Å². The first-order valence-corrected chi connectivity index (χ1v) is 20.1. The molecule has 0 amide bonds. The number of ether oxygens (including phenoxy) is 4. The summed E-state index contributed by atoms with van der Waals surface area (Å²) in [5.41, 5.74) is 0. The van der Waals surface area contributed by atoms with Crippen molar-refractivity contribution in [2.24, 2.45) is 0 Å². The van der Waals surface area contributed by atoms with E-state index in [0.717, 1.165) is 0 Å². The van der Waals surface area contributed by atoms with E-state index in [2.05, 4.69) is 0 Å². The van der Waals surface area contributed by atoms with Crippen LogP contribution in [0.1, 0.15) is 60.3 Å². The van der Waals surface area contributed by atoms with E-state index >= 15 is 0 Å². The second-order valence-corrected chi connectivity index (χ2v) is 19.3. The van der Waals surface area contributed by atoms with Crippen molar-refractivity contribution in [3.05, 3.63) is 12.2 Å². The second-order valence-electron chi connectivity index (χ2n) is 13.1. The molecule has 0 aliphatic carbocycles. The van der Waals surface area contributed by atoms with Gasteiger partial charge in [-0.05, 0) is 60.3 Å².